The first-order valence-corrected chi connectivity index (χ1v) is 13.1. The van der Waals surface area contributed by atoms with Crippen LogP contribution in [0.2, 0.25) is 0 Å². The van der Waals surface area contributed by atoms with Crippen LogP contribution >= 0.6 is 23.2 Å². The van der Waals surface area contributed by atoms with Crippen molar-refractivity contribution >= 4 is 54.7 Å². The van der Waals surface area contributed by atoms with E-state index in [2.05, 4.69) is 8.80 Å². The van der Waals surface area contributed by atoms with Gasteiger partial charge in [-0.05, 0) is 24.3 Å². The molecule has 0 amide bonds. The molecule has 3 aromatic carbocycles. The van der Waals surface area contributed by atoms with Crippen LogP contribution in [0.5, 0.6) is 0 Å². The molecule has 1 aliphatic rings. The van der Waals surface area contributed by atoms with Gasteiger partial charge >= 0.3 is 0 Å². The van der Waals surface area contributed by atoms with Crippen molar-refractivity contribution in [2.24, 2.45) is 8.80 Å². The highest BCUT2D eigenvalue weighted by atomic mass is 35.5. The summed E-state index contributed by atoms with van der Waals surface area (Å²) in [5.74, 6) is 0. The summed E-state index contributed by atoms with van der Waals surface area (Å²) in [6.07, 6.45) is 0. The van der Waals surface area contributed by atoms with Crippen LogP contribution in [0, 0.1) is 0 Å². The third-order valence-corrected chi connectivity index (χ3v) is 8.43. The zero-order valence-electron chi connectivity index (χ0n) is 16.3. The second-order valence-electron chi connectivity index (χ2n) is 6.88. The quantitative estimate of drug-likeness (QED) is 0.493. The molecule has 32 heavy (non-hydrogen) atoms. The summed E-state index contributed by atoms with van der Waals surface area (Å²) in [7, 11) is -8.14. The number of alkyl halides is 2. The Labute approximate surface area is 196 Å². The molecule has 0 spiro atoms. The van der Waals surface area contributed by atoms with Gasteiger partial charge in [-0.1, -0.05) is 60.7 Å². The number of nitrogens with zero attached hydrogens (tertiary/aromatic N) is 2. The first-order valence-electron chi connectivity index (χ1n) is 9.38. The van der Waals surface area contributed by atoms with Crippen LogP contribution in [0.3, 0.4) is 0 Å². The van der Waals surface area contributed by atoms with E-state index in [0.717, 1.165) is 0 Å². The van der Waals surface area contributed by atoms with Crippen molar-refractivity contribution in [3.63, 3.8) is 0 Å². The van der Waals surface area contributed by atoms with E-state index in [9.17, 15) is 16.8 Å². The minimum absolute atomic E-state index is 0.00564. The molecule has 4 rings (SSSR count). The number of benzene rings is 3. The topological polar surface area (TPSA) is 93.0 Å². The molecule has 6 nitrogen and oxygen atoms in total. The van der Waals surface area contributed by atoms with Crippen LogP contribution in [-0.4, -0.2) is 39.0 Å². The molecule has 164 valence electrons. The Morgan fingerprint density at radius 1 is 0.531 bits per heavy atom. The summed E-state index contributed by atoms with van der Waals surface area (Å²) in [6.45, 7) is 0. The van der Waals surface area contributed by atoms with E-state index in [-0.39, 0.29) is 21.2 Å². The average Bonchev–Trinajstić information content (AvgIpc) is 2.81. The predicted octanol–water partition coefficient (Wildman–Crippen LogP) is 4.27. The van der Waals surface area contributed by atoms with Crippen LogP contribution in [0.25, 0.3) is 0 Å². The largest absolute Gasteiger partial charge is 0.282 e. The predicted molar refractivity (Wildman–Crippen MR) is 126 cm³/mol. The lowest BCUT2D eigenvalue weighted by Crippen LogP contribution is -2.40. The van der Waals surface area contributed by atoms with Gasteiger partial charge in [0.2, 0.25) is 0 Å². The molecule has 1 aliphatic carbocycles. The van der Waals surface area contributed by atoms with Gasteiger partial charge in [0.25, 0.3) is 20.0 Å². The van der Waals surface area contributed by atoms with Gasteiger partial charge in [0, 0.05) is 11.1 Å². The van der Waals surface area contributed by atoms with Gasteiger partial charge in [0.05, 0.1) is 32.0 Å². The molecular weight excluding hydrogens is 491 g/mol. The highest BCUT2D eigenvalue weighted by molar-refractivity contribution is 7.90. The molecule has 0 aliphatic heterocycles. The lowest BCUT2D eigenvalue weighted by molar-refractivity contribution is 0.596. The van der Waals surface area contributed by atoms with E-state index in [4.69, 9.17) is 23.2 Å². The van der Waals surface area contributed by atoms with Gasteiger partial charge < -0.3 is 0 Å². The van der Waals surface area contributed by atoms with E-state index in [1.807, 2.05) is 0 Å². The number of halogens is 2. The molecule has 0 unspecified atom stereocenters. The van der Waals surface area contributed by atoms with Crippen molar-refractivity contribution in [3.8, 4) is 0 Å². The highest BCUT2D eigenvalue weighted by Gasteiger charge is 2.38. The number of hydrogen-bond acceptors (Lipinski definition) is 4. The van der Waals surface area contributed by atoms with Gasteiger partial charge in [-0.2, -0.15) is 25.6 Å². The lowest BCUT2D eigenvalue weighted by atomic mass is 9.88. The molecule has 0 saturated heterocycles. The first-order chi connectivity index (χ1) is 15.2. The fourth-order valence-electron chi connectivity index (χ4n) is 3.25. The molecule has 0 heterocycles. The first kappa shape index (κ1) is 22.7. The zero-order valence-corrected chi connectivity index (χ0v) is 19.5. The molecule has 0 bridgehead atoms. The third-order valence-electron chi connectivity index (χ3n) is 4.78. The van der Waals surface area contributed by atoms with E-state index >= 15 is 0 Å². The summed E-state index contributed by atoms with van der Waals surface area (Å²) < 4.78 is 59.3. The van der Waals surface area contributed by atoms with E-state index in [1.165, 1.54) is 24.3 Å². The number of hydrogen-bond donors (Lipinski definition) is 0. The summed E-state index contributed by atoms with van der Waals surface area (Å²) in [5.41, 5.74) is 0.765. The number of fused-ring (bicyclic) bond motifs is 1. The maximum Gasteiger partial charge on any atom is 0.282 e. The molecule has 0 radical (unpaired) electrons. The van der Waals surface area contributed by atoms with Crippen molar-refractivity contribution in [1.29, 1.82) is 0 Å². The van der Waals surface area contributed by atoms with Crippen LogP contribution in [0.15, 0.2) is 104 Å². The molecule has 0 fully saturated rings. The van der Waals surface area contributed by atoms with Gasteiger partial charge in [-0.15, -0.1) is 23.2 Å². The molecule has 2 atom stereocenters. The van der Waals surface area contributed by atoms with Gasteiger partial charge in [0.15, 0.2) is 0 Å². The van der Waals surface area contributed by atoms with Crippen molar-refractivity contribution in [2.75, 3.05) is 0 Å². The Hall–Kier alpha value is -2.52. The maximum absolute atomic E-state index is 12.8. The summed E-state index contributed by atoms with van der Waals surface area (Å²) in [6, 6.07) is 22.0. The molecule has 10 heteroatoms. The summed E-state index contributed by atoms with van der Waals surface area (Å²) in [5, 5.41) is -2.26. The van der Waals surface area contributed by atoms with Crippen LogP contribution in [0.4, 0.5) is 0 Å². The highest BCUT2D eigenvalue weighted by Crippen LogP contribution is 2.32. The standard InChI is InChI=1S/C22H16Cl2N2O4S2/c23-19-20(24)22(26-32(29,30)16-11-5-2-6-12-16)18-14-8-7-13-17(18)21(19)25-31(27,28)15-9-3-1-4-10-15/h1-14,19-20H/t19-,20-/m0/s1. The van der Waals surface area contributed by atoms with Gasteiger partial charge in [-0.25, -0.2) is 0 Å². The normalized spacial score (nSPS) is 21.4. The maximum atomic E-state index is 12.8. The fourth-order valence-corrected chi connectivity index (χ4v) is 6.09. The van der Waals surface area contributed by atoms with Crippen molar-refractivity contribution in [2.45, 2.75) is 20.5 Å². The average molecular weight is 507 g/mol. The van der Waals surface area contributed by atoms with Crippen molar-refractivity contribution in [3.05, 3.63) is 96.1 Å². The van der Waals surface area contributed by atoms with Crippen LogP contribution < -0.4 is 0 Å². The number of rotatable bonds is 4. The Balaban J connectivity index is 1.88. The lowest BCUT2D eigenvalue weighted by Gasteiger charge is -2.28. The second-order valence-corrected chi connectivity index (χ2v) is 11.0. The van der Waals surface area contributed by atoms with Crippen LogP contribution in [0.1, 0.15) is 11.1 Å². The molecule has 0 N–H and O–H groups in total. The van der Waals surface area contributed by atoms with Crippen LogP contribution in [-0.2, 0) is 20.0 Å². The molecule has 3 aromatic rings. The summed E-state index contributed by atoms with van der Waals surface area (Å²) >= 11 is 13.0. The Bertz CT molecular complexity index is 1310. The smallest absolute Gasteiger partial charge is 0.199 e. The van der Waals surface area contributed by atoms with Gasteiger partial charge in [0.1, 0.15) is 0 Å². The van der Waals surface area contributed by atoms with E-state index in [0.29, 0.717) is 11.1 Å². The second kappa shape index (κ2) is 8.78. The van der Waals surface area contributed by atoms with Gasteiger partial charge in [-0.3, -0.25) is 0 Å². The minimum Gasteiger partial charge on any atom is -0.199 e. The van der Waals surface area contributed by atoms with Crippen molar-refractivity contribution in [1.82, 2.24) is 0 Å². The molecular formula is C22H16Cl2N2O4S2. The minimum atomic E-state index is -4.07. The summed E-state index contributed by atoms with van der Waals surface area (Å²) in [4.78, 5) is 0.0113. The zero-order chi connectivity index (χ0) is 22.9. The monoisotopic (exact) mass is 506 g/mol. The number of sulfonamides is 2. The Kier molecular flexibility index (Phi) is 6.22. The van der Waals surface area contributed by atoms with Crippen molar-refractivity contribution < 1.29 is 16.8 Å². The van der Waals surface area contributed by atoms with E-state index in [1.54, 1.807) is 60.7 Å². The fraction of sp³-hybridized carbons (Fsp3) is 0.0909. The Morgan fingerprint density at radius 2 is 0.844 bits per heavy atom. The SMILES string of the molecule is O=S(=O)(N=C1c2ccccc2C(=NS(=O)(=O)c2ccccc2)[C@@H](Cl)[C@@H]1Cl)c1ccccc1. The Morgan fingerprint density at radius 3 is 1.19 bits per heavy atom. The molecule has 0 aromatic heterocycles. The van der Waals surface area contributed by atoms with E-state index < -0.39 is 30.8 Å². The third kappa shape index (κ3) is 4.36. The molecule has 0 saturated carbocycles.